The number of rotatable bonds is 4. The van der Waals surface area contributed by atoms with E-state index in [4.69, 9.17) is 27.8 Å². The lowest BCUT2D eigenvalue weighted by atomic mass is 10.0. The lowest BCUT2D eigenvalue weighted by Gasteiger charge is -2.19. The van der Waals surface area contributed by atoms with Gasteiger partial charge in [0.05, 0.1) is 22.2 Å². The summed E-state index contributed by atoms with van der Waals surface area (Å²) >= 11 is 11.5. The summed E-state index contributed by atoms with van der Waals surface area (Å²) in [5, 5.41) is 10.4. The molecule has 1 aromatic rings. The van der Waals surface area contributed by atoms with E-state index in [2.05, 4.69) is 0 Å². The zero-order valence-electron chi connectivity index (χ0n) is 8.76. The first-order chi connectivity index (χ1) is 7.70. The van der Waals surface area contributed by atoms with Crippen LogP contribution in [0.2, 0.25) is 10.0 Å². The van der Waals surface area contributed by atoms with Gasteiger partial charge in [0.25, 0.3) is 0 Å². The summed E-state index contributed by atoms with van der Waals surface area (Å²) in [6.45, 7) is 1.40. The van der Waals surface area contributed by atoms with Crippen LogP contribution in [0.15, 0.2) is 18.2 Å². The van der Waals surface area contributed by atoms with Gasteiger partial charge in [-0.1, -0.05) is 29.3 Å². The third-order valence-electron chi connectivity index (χ3n) is 2.09. The Morgan fingerprint density at radius 1 is 1.29 bits per heavy atom. The molecule has 2 atom stereocenters. The molecule has 0 aliphatic heterocycles. The maximum Gasteiger partial charge on any atom is 0.333 e. The topological polar surface area (TPSA) is 86.6 Å². The zero-order chi connectivity index (χ0) is 13.2. The van der Waals surface area contributed by atoms with Crippen molar-refractivity contribution in [2.75, 3.05) is 0 Å². The number of benzene rings is 1. The molecule has 96 valence electrons. The van der Waals surface area contributed by atoms with Crippen LogP contribution in [0.1, 0.15) is 18.6 Å². The van der Waals surface area contributed by atoms with Gasteiger partial charge < -0.3 is 5.11 Å². The summed E-state index contributed by atoms with van der Waals surface area (Å²) in [6.07, 6.45) is -1.15. The van der Waals surface area contributed by atoms with Gasteiger partial charge >= 0.3 is 10.3 Å². The van der Waals surface area contributed by atoms with Crippen molar-refractivity contribution in [2.24, 2.45) is 0 Å². The van der Waals surface area contributed by atoms with E-state index in [-0.39, 0.29) is 5.02 Å². The Hall–Kier alpha value is -0.370. The minimum absolute atomic E-state index is 0.252. The largest absolute Gasteiger partial charge is 0.387 e. The van der Waals surface area contributed by atoms with Crippen molar-refractivity contribution in [1.82, 2.24) is 4.72 Å². The van der Waals surface area contributed by atoms with Crippen molar-refractivity contribution in [2.45, 2.75) is 19.1 Å². The first-order valence-corrected chi connectivity index (χ1v) is 6.78. The molecular weight excluding hydrogens is 289 g/mol. The highest BCUT2D eigenvalue weighted by molar-refractivity contribution is 7.83. The Morgan fingerprint density at radius 3 is 2.35 bits per heavy atom. The lowest BCUT2D eigenvalue weighted by Crippen LogP contribution is -2.36. The third kappa shape index (κ3) is 4.42. The maximum absolute atomic E-state index is 10.6. The second-order valence-corrected chi connectivity index (χ2v) is 5.50. The normalized spacial score (nSPS) is 15.6. The van der Waals surface area contributed by atoms with Crippen LogP contribution in [-0.2, 0) is 10.3 Å². The molecule has 5 nitrogen and oxygen atoms in total. The van der Waals surface area contributed by atoms with Crippen LogP contribution in [0.5, 0.6) is 0 Å². The van der Waals surface area contributed by atoms with Crippen LogP contribution in [0.3, 0.4) is 0 Å². The van der Waals surface area contributed by atoms with Crippen LogP contribution >= 0.6 is 23.2 Å². The average molecular weight is 300 g/mol. The molecule has 0 radical (unpaired) electrons. The molecule has 0 bridgehead atoms. The van der Waals surface area contributed by atoms with Crippen molar-refractivity contribution in [3.05, 3.63) is 33.8 Å². The lowest BCUT2D eigenvalue weighted by molar-refractivity contribution is 0.145. The standard InChI is InChI=1S/C9H11Cl2NO4S/c1-5(12-17(14,15)16)9(13)6-2-3-7(10)8(11)4-6/h2-5,9,12-13H,1H3,(H,14,15,16)/t5-,9+/m1/s1. The van der Waals surface area contributed by atoms with Crippen molar-refractivity contribution >= 4 is 33.5 Å². The molecule has 0 spiro atoms. The van der Waals surface area contributed by atoms with Gasteiger partial charge in [-0.05, 0) is 24.6 Å². The fourth-order valence-electron chi connectivity index (χ4n) is 1.28. The smallest absolute Gasteiger partial charge is 0.333 e. The molecule has 1 rings (SSSR count). The highest BCUT2D eigenvalue weighted by Crippen LogP contribution is 2.26. The Labute approximate surface area is 109 Å². The van der Waals surface area contributed by atoms with Crippen LogP contribution in [-0.4, -0.2) is 24.1 Å². The van der Waals surface area contributed by atoms with E-state index >= 15 is 0 Å². The number of nitrogens with one attached hydrogen (secondary N) is 1. The van der Waals surface area contributed by atoms with E-state index in [9.17, 15) is 13.5 Å². The van der Waals surface area contributed by atoms with Crippen LogP contribution in [0, 0.1) is 0 Å². The third-order valence-corrected chi connectivity index (χ3v) is 3.50. The monoisotopic (exact) mass is 299 g/mol. The summed E-state index contributed by atoms with van der Waals surface area (Å²) in [5.41, 5.74) is 0.392. The number of hydrogen-bond acceptors (Lipinski definition) is 3. The number of hydrogen-bond donors (Lipinski definition) is 3. The molecule has 8 heteroatoms. The predicted octanol–water partition coefficient (Wildman–Crippen LogP) is 1.81. The highest BCUT2D eigenvalue weighted by Gasteiger charge is 2.21. The molecule has 0 aliphatic rings. The van der Waals surface area contributed by atoms with Crippen molar-refractivity contribution in [1.29, 1.82) is 0 Å². The van der Waals surface area contributed by atoms with E-state index in [1.165, 1.54) is 25.1 Å². The van der Waals surface area contributed by atoms with Gasteiger partial charge in [0.2, 0.25) is 0 Å². The SMILES string of the molecule is C[C@@H](NS(=O)(=O)O)[C@H](O)c1ccc(Cl)c(Cl)c1. The van der Waals surface area contributed by atoms with Crippen LogP contribution < -0.4 is 4.72 Å². The molecule has 0 aliphatic carbocycles. The molecule has 0 aromatic heterocycles. The van der Waals surface area contributed by atoms with Crippen molar-refractivity contribution < 1.29 is 18.1 Å². The highest BCUT2D eigenvalue weighted by atomic mass is 35.5. The summed E-state index contributed by atoms with van der Waals surface area (Å²) in [5.74, 6) is 0. The van der Waals surface area contributed by atoms with Gasteiger partial charge in [-0.2, -0.15) is 13.1 Å². The Balaban J connectivity index is 2.88. The second-order valence-electron chi connectivity index (χ2n) is 3.50. The van der Waals surface area contributed by atoms with Crippen LogP contribution in [0.4, 0.5) is 0 Å². The minimum Gasteiger partial charge on any atom is -0.387 e. The van der Waals surface area contributed by atoms with E-state index in [1.54, 1.807) is 0 Å². The average Bonchev–Trinajstić information content (AvgIpc) is 2.18. The van der Waals surface area contributed by atoms with E-state index < -0.39 is 22.4 Å². The molecule has 17 heavy (non-hydrogen) atoms. The molecule has 3 N–H and O–H groups in total. The van der Waals surface area contributed by atoms with Crippen molar-refractivity contribution in [3.63, 3.8) is 0 Å². The van der Waals surface area contributed by atoms with Crippen LogP contribution in [0.25, 0.3) is 0 Å². The van der Waals surface area contributed by atoms with Gasteiger partial charge in [0.1, 0.15) is 0 Å². The van der Waals surface area contributed by atoms with E-state index in [0.717, 1.165) is 0 Å². The summed E-state index contributed by atoms with van der Waals surface area (Å²) in [6, 6.07) is 3.53. The molecule has 0 heterocycles. The van der Waals surface area contributed by atoms with Gasteiger partial charge in [-0.3, -0.25) is 4.55 Å². The first kappa shape index (κ1) is 14.7. The van der Waals surface area contributed by atoms with Gasteiger partial charge in [-0.25, -0.2) is 0 Å². The zero-order valence-corrected chi connectivity index (χ0v) is 11.1. The summed E-state index contributed by atoms with van der Waals surface area (Å²) < 4.78 is 31.6. The Morgan fingerprint density at radius 2 is 1.88 bits per heavy atom. The Kier molecular flexibility index (Phi) is 4.77. The molecule has 1 aromatic carbocycles. The fraction of sp³-hybridized carbons (Fsp3) is 0.333. The molecule has 0 fully saturated rings. The predicted molar refractivity (Wildman–Crippen MR) is 65.6 cm³/mol. The van der Waals surface area contributed by atoms with Gasteiger partial charge in [0, 0.05) is 0 Å². The maximum atomic E-state index is 10.6. The Bertz CT molecular complexity index is 506. The number of halogens is 2. The van der Waals surface area contributed by atoms with Gasteiger partial charge in [-0.15, -0.1) is 0 Å². The first-order valence-electron chi connectivity index (χ1n) is 4.58. The molecule has 0 saturated carbocycles. The molecule has 0 unspecified atom stereocenters. The van der Waals surface area contributed by atoms with Gasteiger partial charge in [0.15, 0.2) is 0 Å². The summed E-state index contributed by atoms with van der Waals surface area (Å²) in [7, 11) is -4.36. The minimum atomic E-state index is -4.36. The molecule has 0 saturated heterocycles. The number of aliphatic hydroxyl groups is 1. The van der Waals surface area contributed by atoms with Crippen molar-refractivity contribution in [3.8, 4) is 0 Å². The summed E-state index contributed by atoms with van der Waals surface area (Å²) in [4.78, 5) is 0. The second kappa shape index (κ2) is 5.51. The molecular formula is C9H11Cl2NO4S. The van der Waals surface area contributed by atoms with E-state index in [1.807, 2.05) is 4.72 Å². The quantitative estimate of drug-likeness (QED) is 0.740. The number of aliphatic hydroxyl groups excluding tert-OH is 1. The fourth-order valence-corrected chi connectivity index (χ4v) is 2.19. The molecule has 0 amide bonds. The van der Waals surface area contributed by atoms with E-state index in [0.29, 0.717) is 10.6 Å².